The zero-order chi connectivity index (χ0) is 15.5. The molecule has 0 aliphatic carbocycles. The first-order chi connectivity index (χ1) is 10.7. The van der Waals surface area contributed by atoms with Crippen LogP contribution in [0.4, 0.5) is 11.5 Å². The average Bonchev–Trinajstić information content (AvgIpc) is 3.00. The molecule has 1 aliphatic heterocycles. The molecule has 0 amide bonds. The molecule has 2 heterocycles. The van der Waals surface area contributed by atoms with Crippen LogP contribution in [0.5, 0.6) is 11.5 Å². The van der Waals surface area contributed by atoms with Gasteiger partial charge in [0.1, 0.15) is 17.3 Å². The van der Waals surface area contributed by atoms with Crippen LogP contribution in [0.1, 0.15) is 19.3 Å². The summed E-state index contributed by atoms with van der Waals surface area (Å²) in [5.74, 6) is 2.12. The van der Waals surface area contributed by atoms with Crippen molar-refractivity contribution >= 4 is 11.5 Å². The van der Waals surface area contributed by atoms with Crippen LogP contribution in [0.3, 0.4) is 0 Å². The fraction of sp³-hybridized carbons (Fsp3) is 0.438. The van der Waals surface area contributed by atoms with Gasteiger partial charge in [0.05, 0.1) is 26.1 Å². The van der Waals surface area contributed by atoms with E-state index in [1.165, 1.54) is 19.3 Å². The Morgan fingerprint density at radius 1 is 1.05 bits per heavy atom. The standard InChI is InChI=1S/C16H22N4O2/c1-21-14-9-13(20-6-4-3-5-7-20)15(22-2)8-11(14)12-10-18-19-16(12)17/h8-10H,3-7H2,1-2H3,(H3,17,18,19). The minimum Gasteiger partial charge on any atom is -0.496 e. The largest absolute Gasteiger partial charge is 0.496 e. The lowest BCUT2D eigenvalue weighted by Gasteiger charge is -2.30. The number of nitrogens with zero attached hydrogens (tertiary/aromatic N) is 2. The lowest BCUT2D eigenvalue weighted by atomic mass is 10.0. The van der Waals surface area contributed by atoms with Crippen LogP contribution in [-0.2, 0) is 0 Å². The fourth-order valence-corrected chi connectivity index (χ4v) is 2.98. The normalized spacial score (nSPS) is 14.9. The molecule has 3 N–H and O–H groups in total. The first-order valence-electron chi connectivity index (χ1n) is 7.54. The number of H-pyrrole nitrogens is 1. The predicted molar refractivity (Wildman–Crippen MR) is 87.6 cm³/mol. The van der Waals surface area contributed by atoms with E-state index in [2.05, 4.69) is 15.1 Å². The summed E-state index contributed by atoms with van der Waals surface area (Å²) in [5.41, 5.74) is 8.72. The number of benzene rings is 1. The quantitative estimate of drug-likeness (QED) is 0.908. The van der Waals surface area contributed by atoms with Gasteiger partial charge in [0.25, 0.3) is 0 Å². The summed E-state index contributed by atoms with van der Waals surface area (Å²) in [6.07, 6.45) is 5.41. The monoisotopic (exact) mass is 302 g/mol. The number of nitrogens with one attached hydrogen (secondary N) is 1. The maximum Gasteiger partial charge on any atom is 0.143 e. The summed E-state index contributed by atoms with van der Waals surface area (Å²) in [5, 5.41) is 6.74. The number of anilines is 2. The molecule has 0 saturated carbocycles. The molecule has 6 nitrogen and oxygen atoms in total. The third kappa shape index (κ3) is 2.56. The lowest BCUT2D eigenvalue weighted by molar-refractivity contribution is 0.403. The molecular weight excluding hydrogens is 280 g/mol. The Hall–Kier alpha value is -2.37. The summed E-state index contributed by atoms with van der Waals surface area (Å²) >= 11 is 0. The second kappa shape index (κ2) is 6.17. The molecule has 1 aromatic heterocycles. The fourth-order valence-electron chi connectivity index (χ4n) is 2.98. The van der Waals surface area contributed by atoms with Crippen molar-refractivity contribution in [2.24, 2.45) is 0 Å². The van der Waals surface area contributed by atoms with Crippen LogP contribution in [0.15, 0.2) is 18.3 Å². The van der Waals surface area contributed by atoms with E-state index in [0.29, 0.717) is 5.82 Å². The summed E-state index contributed by atoms with van der Waals surface area (Å²) < 4.78 is 11.2. The van der Waals surface area contributed by atoms with E-state index in [4.69, 9.17) is 15.2 Å². The van der Waals surface area contributed by atoms with E-state index in [0.717, 1.165) is 41.4 Å². The second-order valence-corrected chi connectivity index (χ2v) is 5.47. The van der Waals surface area contributed by atoms with Crippen molar-refractivity contribution in [2.45, 2.75) is 19.3 Å². The van der Waals surface area contributed by atoms with Crippen molar-refractivity contribution in [3.8, 4) is 22.6 Å². The molecule has 118 valence electrons. The topological polar surface area (TPSA) is 76.4 Å². The van der Waals surface area contributed by atoms with Crippen molar-refractivity contribution in [3.63, 3.8) is 0 Å². The number of aromatic amines is 1. The molecule has 1 aliphatic rings. The molecule has 1 fully saturated rings. The molecular formula is C16H22N4O2. The summed E-state index contributed by atoms with van der Waals surface area (Å²) in [7, 11) is 3.36. The van der Waals surface area contributed by atoms with Crippen molar-refractivity contribution in [1.29, 1.82) is 0 Å². The van der Waals surface area contributed by atoms with Gasteiger partial charge in [-0.25, -0.2) is 0 Å². The molecule has 1 saturated heterocycles. The van der Waals surface area contributed by atoms with Gasteiger partial charge in [0.2, 0.25) is 0 Å². The average molecular weight is 302 g/mol. The number of methoxy groups -OCH3 is 2. The molecule has 1 aromatic carbocycles. The number of rotatable bonds is 4. The molecule has 0 spiro atoms. The van der Waals surface area contributed by atoms with Gasteiger partial charge >= 0.3 is 0 Å². The van der Waals surface area contributed by atoms with E-state index < -0.39 is 0 Å². The summed E-state index contributed by atoms with van der Waals surface area (Å²) in [6.45, 7) is 2.10. The molecule has 6 heteroatoms. The second-order valence-electron chi connectivity index (χ2n) is 5.47. The van der Waals surface area contributed by atoms with Crippen LogP contribution in [-0.4, -0.2) is 37.5 Å². The van der Waals surface area contributed by atoms with Crippen molar-refractivity contribution < 1.29 is 9.47 Å². The van der Waals surface area contributed by atoms with Gasteiger partial charge in [0, 0.05) is 30.3 Å². The smallest absolute Gasteiger partial charge is 0.143 e. The highest BCUT2D eigenvalue weighted by atomic mass is 16.5. The molecule has 22 heavy (non-hydrogen) atoms. The van der Waals surface area contributed by atoms with Gasteiger partial charge in [-0.3, -0.25) is 5.10 Å². The van der Waals surface area contributed by atoms with Gasteiger partial charge in [-0.2, -0.15) is 5.10 Å². The third-order valence-electron chi connectivity index (χ3n) is 4.16. The van der Waals surface area contributed by atoms with Crippen LogP contribution in [0.25, 0.3) is 11.1 Å². The van der Waals surface area contributed by atoms with Gasteiger partial charge in [0.15, 0.2) is 0 Å². The minimum absolute atomic E-state index is 0.520. The molecule has 0 unspecified atom stereocenters. The summed E-state index contributed by atoms with van der Waals surface area (Å²) in [6, 6.07) is 4.01. The Bertz CT molecular complexity index is 648. The van der Waals surface area contributed by atoms with Crippen LogP contribution < -0.4 is 20.1 Å². The first-order valence-corrected chi connectivity index (χ1v) is 7.54. The van der Waals surface area contributed by atoms with E-state index in [1.807, 2.05) is 12.1 Å². The van der Waals surface area contributed by atoms with E-state index in [9.17, 15) is 0 Å². The predicted octanol–water partition coefficient (Wildman–Crippen LogP) is 2.67. The number of nitrogens with two attached hydrogens (primary N) is 1. The zero-order valence-electron chi connectivity index (χ0n) is 13.1. The van der Waals surface area contributed by atoms with Crippen LogP contribution in [0.2, 0.25) is 0 Å². The van der Waals surface area contributed by atoms with Crippen LogP contribution >= 0.6 is 0 Å². The van der Waals surface area contributed by atoms with Crippen molar-refractivity contribution in [2.75, 3.05) is 37.9 Å². The molecule has 0 atom stereocenters. The van der Waals surface area contributed by atoms with Crippen molar-refractivity contribution in [1.82, 2.24) is 10.2 Å². The van der Waals surface area contributed by atoms with E-state index in [1.54, 1.807) is 20.4 Å². The number of hydrogen-bond donors (Lipinski definition) is 2. The van der Waals surface area contributed by atoms with E-state index >= 15 is 0 Å². The van der Waals surface area contributed by atoms with Gasteiger partial charge in [-0.05, 0) is 25.3 Å². The highest BCUT2D eigenvalue weighted by molar-refractivity contribution is 5.82. The minimum atomic E-state index is 0.520. The zero-order valence-corrected chi connectivity index (χ0v) is 13.1. The highest BCUT2D eigenvalue weighted by Crippen LogP contribution is 2.42. The molecule has 3 rings (SSSR count). The van der Waals surface area contributed by atoms with E-state index in [-0.39, 0.29) is 0 Å². The highest BCUT2D eigenvalue weighted by Gasteiger charge is 2.20. The Labute approximate surface area is 130 Å². The first kappa shape index (κ1) is 14.6. The number of ether oxygens (including phenoxy) is 2. The van der Waals surface area contributed by atoms with Gasteiger partial charge in [-0.1, -0.05) is 0 Å². The maximum atomic E-state index is 5.94. The van der Waals surface area contributed by atoms with Crippen LogP contribution in [0, 0.1) is 0 Å². The Kier molecular flexibility index (Phi) is 4.09. The molecule has 0 bridgehead atoms. The molecule has 0 radical (unpaired) electrons. The molecule has 2 aromatic rings. The van der Waals surface area contributed by atoms with Crippen molar-refractivity contribution in [3.05, 3.63) is 18.3 Å². The maximum absolute atomic E-state index is 5.94. The Morgan fingerprint density at radius 2 is 1.77 bits per heavy atom. The SMILES string of the molecule is COc1cc(N2CCCCC2)c(OC)cc1-c1cn[nH]c1N. The Balaban J connectivity index is 2.08. The number of aromatic nitrogens is 2. The Morgan fingerprint density at radius 3 is 2.36 bits per heavy atom. The van der Waals surface area contributed by atoms with Gasteiger partial charge in [-0.15, -0.1) is 0 Å². The lowest BCUT2D eigenvalue weighted by Crippen LogP contribution is -2.29. The number of piperidine rings is 1. The number of hydrogen-bond acceptors (Lipinski definition) is 5. The summed E-state index contributed by atoms with van der Waals surface area (Å²) in [4.78, 5) is 2.35. The number of nitrogen functional groups attached to an aromatic ring is 1. The third-order valence-corrected chi connectivity index (χ3v) is 4.16. The van der Waals surface area contributed by atoms with Gasteiger partial charge < -0.3 is 20.1 Å².